The topological polar surface area (TPSA) is 9.23 Å². The van der Waals surface area contributed by atoms with Crippen LogP contribution in [0.1, 0.15) is 36.8 Å². The summed E-state index contributed by atoms with van der Waals surface area (Å²) >= 11 is 0. The molecule has 0 aromatic heterocycles. The van der Waals surface area contributed by atoms with Gasteiger partial charge in [0.15, 0.2) is 0 Å². The van der Waals surface area contributed by atoms with Crippen molar-refractivity contribution in [1.29, 1.82) is 0 Å². The summed E-state index contributed by atoms with van der Waals surface area (Å²) in [5.41, 5.74) is 2.15. The average molecular weight is 370 g/mol. The lowest BCUT2D eigenvalue weighted by atomic mass is 9.97. The van der Waals surface area contributed by atoms with Crippen LogP contribution in [-0.4, -0.2) is 6.61 Å². The van der Waals surface area contributed by atoms with E-state index in [1.54, 1.807) is 18.2 Å². The van der Waals surface area contributed by atoms with Gasteiger partial charge >= 0.3 is 0 Å². The van der Waals surface area contributed by atoms with E-state index in [1.165, 1.54) is 18.2 Å². The van der Waals surface area contributed by atoms with Crippen molar-refractivity contribution in [2.45, 2.75) is 39.0 Å². The van der Waals surface area contributed by atoms with Gasteiger partial charge in [-0.1, -0.05) is 24.3 Å². The van der Waals surface area contributed by atoms with E-state index in [2.05, 4.69) is 18.7 Å². The number of hydrogen-bond donors (Lipinski definition) is 0. The molecule has 1 nitrogen and oxygen atoms in total. The van der Waals surface area contributed by atoms with E-state index in [4.69, 9.17) is 4.74 Å². The number of halogens is 2. The predicted octanol–water partition coefficient (Wildman–Crippen LogP) is 6.81. The van der Waals surface area contributed by atoms with E-state index in [0.29, 0.717) is 18.3 Å². The van der Waals surface area contributed by atoms with E-state index in [9.17, 15) is 8.78 Å². The zero-order valence-electron chi connectivity index (χ0n) is 16.0. The number of hydrogen-bond acceptors (Lipinski definition) is 1. The van der Waals surface area contributed by atoms with E-state index in [0.717, 1.165) is 43.2 Å². The highest BCUT2D eigenvalue weighted by molar-refractivity contribution is 5.28. The Labute approximate surface area is 161 Å². The molecule has 2 aromatic carbocycles. The molecule has 0 saturated carbocycles. The molecule has 0 aliphatic heterocycles. The van der Waals surface area contributed by atoms with Crippen molar-refractivity contribution < 1.29 is 13.5 Å². The lowest BCUT2D eigenvalue weighted by Gasteiger charge is -2.12. The molecule has 2 rings (SSSR count). The van der Waals surface area contributed by atoms with Crippen LogP contribution in [0.2, 0.25) is 0 Å². The summed E-state index contributed by atoms with van der Waals surface area (Å²) in [5.74, 6) is 0.721. The van der Waals surface area contributed by atoms with Crippen LogP contribution in [0.25, 0.3) is 0 Å². The lowest BCUT2D eigenvalue weighted by molar-refractivity contribution is 0.297. The molecule has 1 unspecified atom stereocenters. The van der Waals surface area contributed by atoms with E-state index >= 15 is 0 Å². The molecule has 0 bridgehead atoms. The zero-order valence-corrected chi connectivity index (χ0v) is 16.0. The van der Waals surface area contributed by atoms with Crippen LogP contribution in [0, 0.1) is 24.5 Å². The minimum Gasteiger partial charge on any atom is -0.494 e. The second-order valence-electron chi connectivity index (χ2n) is 6.76. The van der Waals surface area contributed by atoms with Crippen molar-refractivity contribution >= 4 is 0 Å². The molecule has 0 fully saturated rings. The molecule has 0 radical (unpaired) electrons. The van der Waals surface area contributed by atoms with Crippen LogP contribution in [-0.2, 0) is 6.42 Å². The Morgan fingerprint density at radius 1 is 1.00 bits per heavy atom. The summed E-state index contributed by atoms with van der Waals surface area (Å²) < 4.78 is 31.6. The van der Waals surface area contributed by atoms with E-state index < -0.39 is 0 Å². The van der Waals surface area contributed by atoms with Gasteiger partial charge in [-0.15, -0.1) is 6.58 Å². The van der Waals surface area contributed by atoms with E-state index in [-0.39, 0.29) is 11.6 Å². The van der Waals surface area contributed by atoms with Crippen LogP contribution in [0.4, 0.5) is 8.78 Å². The molecule has 0 saturated heterocycles. The third-order valence-electron chi connectivity index (χ3n) is 4.65. The Balaban J connectivity index is 1.63. The number of aryl methyl sites for hydroxylation is 1. The smallest absolute Gasteiger partial charge is 0.123 e. The molecule has 0 heterocycles. The summed E-state index contributed by atoms with van der Waals surface area (Å²) in [6.45, 7) is 6.49. The van der Waals surface area contributed by atoms with E-state index in [1.807, 2.05) is 19.1 Å². The number of allylic oxidation sites excluding steroid dienone is 3. The highest BCUT2D eigenvalue weighted by Gasteiger charge is 2.04. The summed E-state index contributed by atoms with van der Waals surface area (Å²) in [4.78, 5) is 0. The Hall–Kier alpha value is -2.42. The third-order valence-corrected chi connectivity index (χ3v) is 4.65. The Morgan fingerprint density at radius 2 is 1.74 bits per heavy atom. The minimum atomic E-state index is -0.253. The van der Waals surface area contributed by atoms with Gasteiger partial charge < -0.3 is 4.74 Å². The molecule has 3 heteroatoms. The van der Waals surface area contributed by atoms with Gasteiger partial charge in [-0.05, 0) is 92.5 Å². The monoisotopic (exact) mass is 370 g/mol. The van der Waals surface area contributed by atoms with Crippen molar-refractivity contribution in [1.82, 2.24) is 0 Å². The van der Waals surface area contributed by atoms with Crippen LogP contribution >= 0.6 is 0 Å². The maximum absolute atomic E-state index is 13.1. The minimum absolute atomic E-state index is 0.183. The lowest BCUT2D eigenvalue weighted by Crippen LogP contribution is -2.02. The molecule has 2 aromatic rings. The number of rotatable bonds is 11. The van der Waals surface area contributed by atoms with Gasteiger partial charge in [-0.2, -0.15) is 0 Å². The number of ether oxygens (including phenoxy) is 1. The predicted molar refractivity (Wildman–Crippen MR) is 108 cm³/mol. The fourth-order valence-corrected chi connectivity index (χ4v) is 2.97. The van der Waals surface area contributed by atoms with Crippen LogP contribution < -0.4 is 4.74 Å². The molecule has 0 spiro atoms. The van der Waals surface area contributed by atoms with Gasteiger partial charge in [0.2, 0.25) is 0 Å². The van der Waals surface area contributed by atoms with Gasteiger partial charge in [0, 0.05) is 0 Å². The largest absolute Gasteiger partial charge is 0.494 e. The van der Waals surface area contributed by atoms with Crippen LogP contribution in [0.5, 0.6) is 5.75 Å². The molecule has 0 aliphatic rings. The summed E-state index contributed by atoms with van der Waals surface area (Å²) in [7, 11) is 0. The van der Waals surface area contributed by atoms with Crippen molar-refractivity contribution in [2.24, 2.45) is 5.92 Å². The van der Waals surface area contributed by atoms with Gasteiger partial charge in [-0.3, -0.25) is 0 Å². The molecule has 27 heavy (non-hydrogen) atoms. The first kappa shape index (κ1) is 20.9. The number of benzene rings is 2. The fourth-order valence-electron chi connectivity index (χ4n) is 2.97. The summed E-state index contributed by atoms with van der Waals surface area (Å²) in [6, 6.07) is 11.0. The second kappa shape index (κ2) is 11.3. The molecular weight excluding hydrogens is 342 g/mol. The second-order valence-corrected chi connectivity index (χ2v) is 6.76. The Kier molecular flexibility index (Phi) is 8.76. The van der Waals surface area contributed by atoms with Crippen molar-refractivity contribution in [3.05, 3.63) is 90.0 Å². The van der Waals surface area contributed by atoms with Gasteiger partial charge in [-0.25, -0.2) is 8.78 Å². The SMILES string of the molecule is C=CC(CC/C=C/Cc1ccc(F)cc1C)CCCOc1ccc(F)cc1. The van der Waals surface area contributed by atoms with Crippen LogP contribution in [0.3, 0.4) is 0 Å². The fraction of sp³-hybridized carbons (Fsp3) is 0.333. The maximum atomic E-state index is 13.1. The van der Waals surface area contributed by atoms with Gasteiger partial charge in [0.1, 0.15) is 17.4 Å². The van der Waals surface area contributed by atoms with Crippen molar-refractivity contribution in [2.75, 3.05) is 6.61 Å². The molecular formula is C24H28F2O. The highest BCUT2D eigenvalue weighted by Crippen LogP contribution is 2.17. The first-order valence-electron chi connectivity index (χ1n) is 9.49. The quantitative estimate of drug-likeness (QED) is 0.312. The van der Waals surface area contributed by atoms with Crippen molar-refractivity contribution in [3.63, 3.8) is 0 Å². The van der Waals surface area contributed by atoms with Gasteiger partial charge in [0.25, 0.3) is 0 Å². The standard InChI is InChI=1S/C24H28F2O/c1-3-20(9-7-17-27-24-15-13-22(25)14-16-24)8-5-4-6-10-21-11-12-23(26)18-19(21)2/h3-4,6,11-16,18,20H,1,5,7-10,17H2,2H3/b6-4+. The Morgan fingerprint density at radius 3 is 2.44 bits per heavy atom. The first-order chi connectivity index (χ1) is 13.1. The molecule has 0 N–H and O–H groups in total. The summed E-state index contributed by atoms with van der Waals surface area (Å²) in [5, 5.41) is 0. The maximum Gasteiger partial charge on any atom is 0.123 e. The van der Waals surface area contributed by atoms with Crippen molar-refractivity contribution in [3.8, 4) is 5.75 Å². The normalized spacial score (nSPS) is 12.3. The highest BCUT2D eigenvalue weighted by atomic mass is 19.1. The molecule has 0 amide bonds. The first-order valence-corrected chi connectivity index (χ1v) is 9.49. The average Bonchev–Trinajstić information content (AvgIpc) is 2.66. The Bertz CT molecular complexity index is 735. The molecule has 1 atom stereocenters. The van der Waals surface area contributed by atoms with Gasteiger partial charge in [0.05, 0.1) is 6.61 Å². The zero-order chi connectivity index (χ0) is 19.5. The molecule has 0 aliphatic carbocycles. The summed E-state index contributed by atoms with van der Waals surface area (Å²) in [6.07, 6.45) is 11.2. The molecule has 144 valence electrons. The van der Waals surface area contributed by atoms with Crippen LogP contribution in [0.15, 0.2) is 67.3 Å². The third kappa shape index (κ3) is 7.78.